The average molecular weight is 274 g/mol. The van der Waals surface area contributed by atoms with Gasteiger partial charge in [-0.1, -0.05) is 11.6 Å². The molecule has 0 spiro atoms. The minimum absolute atomic E-state index is 0.167. The van der Waals surface area contributed by atoms with E-state index >= 15 is 0 Å². The van der Waals surface area contributed by atoms with Crippen LogP contribution in [-0.2, 0) is 0 Å². The predicted octanol–water partition coefficient (Wildman–Crippen LogP) is 2.23. The normalized spacial score (nSPS) is 16.1. The first-order chi connectivity index (χ1) is 9.74. The Morgan fingerprint density at radius 1 is 1.30 bits per heavy atom. The van der Waals surface area contributed by atoms with Crippen molar-refractivity contribution in [3.63, 3.8) is 0 Å². The van der Waals surface area contributed by atoms with E-state index in [1.165, 1.54) is 18.4 Å². The molecule has 106 valence electrons. The summed E-state index contributed by atoms with van der Waals surface area (Å²) in [4.78, 5) is 12.1. The van der Waals surface area contributed by atoms with Crippen molar-refractivity contribution in [2.45, 2.75) is 25.7 Å². The van der Waals surface area contributed by atoms with Gasteiger partial charge >= 0.3 is 0 Å². The van der Waals surface area contributed by atoms with Gasteiger partial charge in [0, 0.05) is 18.3 Å². The van der Waals surface area contributed by atoms with Crippen LogP contribution < -0.4 is 20.5 Å². The van der Waals surface area contributed by atoms with Crippen LogP contribution in [0.4, 0.5) is 5.69 Å². The highest BCUT2D eigenvalue weighted by atomic mass is 16.7. The van der Waals surface area contributed by atoms with Gasteiger partial charge in [-0.2, -0.15) is 0 Å². The standard InChI is InChI=1S/C15H18N2O3/c16-12-8-14-13(19-9-20-14)7-11(12)15(18)17-6-5-10-3-1-2-4-10/h3,7-8H,1-2,4-6,9,16H2,(H,17,18). The first-order valence-corrected chi connectivity index (χ1v) is 6.89. The third-order valence-corrected chi connectivity index (χ3v) is 3.66. The van der Waals surface area contributed by atoms with Crippen LogP contribution in [0, 0.1) is 0 Å². The van der Waals surface area contributed by atoms with Crippen molar-refractivity contribution in [2.75, 3.05) is 19.1 Å². The number of hydrogen-bond acceptors (Lipinski definition) is 4. The Labute approximate surface area is 117 Å². The Hall–Kier alpha value is -2.17. The van der Waals surface area contributed by atoms with Crippen molar-refractivity contribution in [2.24, 2.45) is 0 Å². The Kier molecular flexibility index (Phi) is 3.50. The van der Waals surface area contributed by atoms with E-state index < -0.39 is 0 Å². The van der Waals surface area contributed by atoms with E-state index in [2.05, 4.69) is 11.4 Å². The number of fused-ring (bicyclic) bond motifs is 1. The number of amides is 1. The van der Waals surface area contributed by atoms with Crippen molar-refractivity contribution >= 4 is 11.6 Å². The quantitative estimate of drug-likeness (QED) is 0.652. The predicted molar refractivity (Wildman–Crippen MR) is 75.9 cm³/mol. The lowest BCUT2D eigenvalue weighted by molar-refractivity contribution is 0.0954. The second kappa shape index (κ2) is 5.45. The fourth-order valence-corrected chi connectivity index (χ4v) is 2.55. The molecule has 0 atom stereocenters. The molecule has 1 aliphatic carbocycles. The molecule has 3 rings (SSSR count). The molecule has 5 heteroatoms. The van der Waals surface area contributed by atoms with Gasteiger partial charge in [0.25, 0.3) is 5.91 Å². The summed E-state index contributed by atoms with van der Waals surface area (Å²) >= 11 is 0. The van der Waals surface area contributed by atoms with Crippen LogP contribution in [0.2, 0.25) is 0 Å². The molecule has 0 saturated heterocycles. The van der Waals surface area contributed by atoms with Crippen LogP contribution in [0.15, 0.2) is 23.8 Å². The van der Waals surface area contributed by atoms with Crippen LogP contribution in [-0.4, -0.2) is 19.2 Å². The summed E-state index contributed by atoms with van der Waals surface area (Å²) in [5, 5.41) is 2.90. The number of nitrogens with one attached hydrogen (secondary N) is 1. The van der Waals surface area contributed by atoms with Gasteiger partial charge in [0.2, 0.25) is 6.79 Å². The fraction of sp³-hybridized carbons (Fsp3) is 0.400. The summed E-state index contributed by atoms with van der Waals surface area (Å²) in [5.41, 5.74) is 8.16. The molecule has 1 heterocycles. The van der Waals surface area contributed by atoms with E-state index in [4.69, 9.17) is 15.2 Å². The van der Waals surface area contributed by atoms with Gasteiger partial charge in [-0.3, -0.25) is 4.79 Å². The molecular formula is C15H18N2O3. The monoisotopic (exact) mass is 274 g/mol. The molecule has 20 heavy (non-hydrogen) atoms. The second-order valence-corrected chi connectivity index (χ2v) is 5.05. The third-order valence-electron chi connectivity index (χ3n) is 3.66. The summed E-state index contributed by atoms with van der Waals surface area (Å²) in [6.07, 6.45) is 6.73. The number of carbonyl (C=O) groups excluding carboxylic acids is 1. The number of anilines is 1. The molecule has 0 bridgehead atoms. The van der Waals surface area contributed by atoms with Crippen molar-refractivity contribution in [1.82, 2.24) is 5.32 Å². The lowest BCUT2D eigenvalue weighted by atomic mass is 10.1. The molecule has 1 aromatic rings. The molecule has 0 saturated carbocycles. The van der Waals surface area contributed by atoms with E-state index in [0.717, 1.165) is 12.8 Å². The maximum absolute atomic E-state index is 12.1. The lowest BCUT2D eigenvalue weighted by Crippen LogP contribution is -2.25. The molecule has 0 fully saturated rings. The average Bonchev–Trinajstić information content (AvgIpc) is 3.08. The van der Waals surface area contributed by atoms with E-state index in [9.17, 15) is 4.79 Å². The van der Waals surface area contributed by atoms with Gasteiger partial charge in [0.15, 0.2) is 11.5 Å². The van der Waals surface area contributed by atoms with Gasteiger partial charge in [0.1, 0.15) is 0 Å². The van der Waals surface area contributed by atoms with Gasteiger partial charge in [-0.15, -0.1) is 0 Å². The van der Waals surface area contributed by atoms with Crippen molar-refractivity contribution in [1.29, 1.82) is 0 Å². The molecular weight excluding hydrogens is 256 g/mol. The molecule has 0 unspecified atom stereocenters. The molecule has 5 nitrogen and oxygen atoms in total. The third kappa shape index (κ3) is 2.57. The molecule has 0 aromatic heterocycles. The lowest BCUT2D eigenvalue weighted by Gasteiger charge is -2.09. The van der Waals surface area contributed by atoms with Gasteiger partial charge in [0.05, 0.1) is 5.56 Å². The highest BCUT2D eigenvalue weighted by Crippen LogP contribution is 2.35. The topological polar surface area (TPSA) is 73.6 Å². The fourth-order valence-electron chi connectivity index (χ4n) is 2.55. The van der Waals surface area contributed by atoms with Gasteiger partial charge < -0.3 is 20.5 Å². The number of allylic oxidation sites excluding steroid dienone is 1. The van der Waals surface area contributed by atoms with E-state index in [0.29, 0.717) is 29.3 Å². The molecule has 2 aliphatic rings. The van der Waals surface area contributed by atoms with Gasteiger partial charge in [-0.05, 0) is 31.7 Å². The molecule has 3 N–H and O–H groups in total. The first-order valence-electron chi connectivity index (χ1n) is 6.89. The molecule has 0 radical (unpaired) electrons. The molecule has 1 aromatic carbocycles. The summed E-state index contributed by atoms with van der Waals surface area (Å²) in [6.45, 7) is 0.812. The van der Waals surface area contributed by atoms with Crippen LogP contribution in [0.3, 0.4) is 0 Å². The zero-order valence-electron chi connectivity index (χ0n) is 11.3. The number of nitrogen functional groups attached to an aromatic ring is 1. The SMILES string of the molecule is Nc1cc2c(cc1C(=O)NCCC1=CCCC1)OCO2. The highest BCUT2D eigenvalue weighted by molar-refractivity contribution is 6.00. The molecule has 1 amide bonds. The highest BCUT2D eigenvalue weighted by Gasteiger charge is 2.19. The van der Waals surface area contributed by atoms with E-state index in [-0.39, 0.29) is 12.7 Å². The maximum Gasteiger partial charge on any atom is 0.253 e. The zero-order chi connectivity index (χ0) is 13.9. The Bertz CT molecular complexity index is 566. The number of nitrogens with two attached hydrogens (primary N) is 1. The Balaban J connectivity index is 1.62. The van der Waals surface area contributed by atoms with Crippen LogP contribution in [0.5, 0.6) is 11.5 Å². The summed E-state index contributed by atoms with van der Waals surface area (Å²) in [5.74, 6) is 0.998. The largest absolute Gasteiger partial charge is 0.454 e. The van der Waals surface area contributed by atoms with Crippen molar-refractivity contribution < 1.29 is 14.3 Å². The summed E-state index contributed by atoms with van der Waals surface area (Å²) in [6, 6.07) is 3.28. The minimum atomic E-state index is -0.167. The van der Waals surface area contributed by atoms with Crippen LogP contribution in [0.1, 0.15) is 36.0 Å². The van der Waals surface area contributed by atoms with Crippen LogP contribution in [0.25, 0.3) is 0 Å². The number of rotatable bonds is 4. The summed E-state index contributed by atoms with van der Waals surface area (Å²) in [7, 11) is 0. The van der Waals surface area contributed by atoms with Crippen LogP contribution >= 0.6 is 0 Å². The Morgan fingerprint density at radius 2 is 2.10 bits per heavy atom. The number of hydrogen-bond donors (Lipinski definition) is 2. The van der Waals surface area contributed by atoms with Gasteiger partial charge in [-0.25, -0.2) is 0 Å². The minimum Gasteiger partial charge on any atom is -0.454 e. The zero-order valence-corrected chi connectivity index (χ0v) is 11.3. The van der Waals surface area contributed by atoms with E-state index in [1.807, 2.05) is 0 Å². The summed E-state index contributed by atoms with van der Waals surface area (Å²) < 4.78 is 10.5. The van der Waals surface area contributed by atoms with Crippen molar-refractivity contribution in [3.05, 3.63) is 29.3 Å². The number of ether oxygens (including phenoxy) is 2. The first kappa shape index (κ1) is 12.8. The number of benzene rings is 1. The van der Waals surface area contributed by atoms with E-state index in [1.54, 1.807) is 12.1 Å². The second-order valence-electron chi connectivity index (χ2n) is 5.05. The number of carbonyl (C=O) groups is 1. The molecule has 1 aliphatic heterocycles. The maximum atomic E-state index is 12.1. The Morgan fingerprint density at radius 3 is 2.85 bits per heavy atom. The van der Waals surface area contributed by atoms with Crippen molar-refractivity contribution in [3.8, 4) is 11.5 Å². The smallest absolute Gasteiger partial charge is 0.253 e.